The van der Waals surface area contributed by atoms with Gasteiger partial charge >= 0.3 is 0 Å². The van der Waals surface area contributed by atoms with Crippen LogP contribution in [0.3, 0.4) is 0 Å². The highest BCUT2D eigenvalue weighted by Crippen LogP contribution is 2.34. The first-order chi connectivity index (χ1) is 11.1. The Hall–Kier alpha value is -2.28. The average molecular weight is 331 g/mol. The molecule has 120 valence electrons. The van der Waals surface area contributed by atoms with E-state index in [4.69, 9.17) is 4.74 Å². The quantitative estimate of drug-likeness (QED) is 0.664. The lowest BCUT2D eigenvalue weighted by Gasteiger charge is -2.24. The van der Waals surface area contributed by atoms with Gasteiger partial charge < -0.3 is 15.0 Å². The van der Waals surface area contributed by atoms with E-state index in [1.165, 1.54) is 11.8 Å². The van der Waals surface area contributed by atoms with Crippen molar-refractivity contribution < 1.29 is 9.53 Å². The number of carbonyl (C=O) groups excluding carboxylic acids is 1. The van der Waals surface area contributed by atoms with Gasteiger partial charge in [0.15, 0.2) is 5.16 Å². The third-order valence-corrected chi connectivity index (χ3v) is 4.30. The number of nitrogens with zero attached hydrogens (tertiary/aromatic N) is 1. The Morgan fingerprint density at radius 2 is 2.04 bits per heavy atom. The largest absolute Gasteiger partial charge is 0.494 e. The zero-order chi connectivity index (χ0) is 16.4. The fraction of sp³-hybridized carbons (Fsp3) is 0.312. The SMILES string of the molecule is CCOc1ccc([C@H]2CC(=O)Nc3nc(SC)[nH]c(=O)c32)cc1. The smallest absolute Gasteiger partial charge is 0.257 e. The van der Waals surface area contributed by atoms with E-state index in [1.807, 2.05) is 37.4 Å². The van der Waals surface area contributed by atoms with Crippen molar-refractivity contribution in [3.05, 3.63) is 45.7 Å². The first-order valence-corrected chi connectivity index (χ1v) is 8.55. The summed E-state index contributed by atoms with van der Waals surface area (Å²) in [6.07, 6.45) is 2.05. The molecule has 1 amide bonds. The Balaban J connectivity index is 2.04. The highest BCUT2D eigenvalue weighted by atomic mass is 32.2. The molecular formula is C16H17N3O3S. The van der Waals surface area contributed by atoms with E-state index >= 15 is 0 Å². The van der Waals surface area contributed by atoms with E-state index in [0.29, 0.717) is 23.1 Å². The normalized spacial score (nSPS) is 16.6. The number of H-pyrrole nitrogens is 1. The topological polar surface area (TPSA) is 84.1 Å². The minimum absolute atomic E-state index is 0.137. The minimum Gasteiger partial charge on any atom is -0.494 e. The first-order valence-electron chi connectivity index (χ1n) is 7.33. The molecule has 3 rings (SSSR count). The number of hydrogen-bond acceptors (Lipinski definition) is 5. The maximum absolute atomic E-state index is 12.4. The van der Waals surface area contributed by atoms with Crippen molar-refractivity contribution in [2.24, 2.45) is 0 Å². The molecule has 1 aliphatic heterocycles. The number of carbonyl (C=O) groups is 1. The molecule has 0 fully saturated rings. The molecule has 1 atom stereocenters. The Kier molecular flexibility index (Phi) is 4.38. The highest BCUT2D eigenvalue weighted by molar-refractivity contribution is 7.98. The zero-order valence-electron chi connectivity index (χ0n) is 12.9. The molecule has 2 aromatic rings. The van der Waals surface area contributed by atoms with Gasteiger partial charge in [0.05, 0.1) is 12.2 Å². The van der Waals surface area contributed by atoms with Gasteiger partial charge in [-0.2, -0.15) is 0 Å². The fourth-order valence-corrected chi connectivity index (χ4v) is 3.07. The van der Waals surface area contributed by atoms with Crippen LogP contribution < -0.4 is 15.6 Å². The fourth-order valence-electron chi connectivity index (χ4n) is 2.70. The van der Waals surface area contributed by atoms with E-state index in [1.54, 1.807) is 0 Å². The number of rotatable bonds is 4. The van der Waals surface area contributed by atoms with Crippen LogP contribution in [0, 0.1) is 0 Å². The van der Waals surface area contributed by atoms with Gasteiger partial charge in [0.25, 0.3) is 5.56 Å². The van der Waals surface area contributed by atoms with E-state index < -0.39 is 0 Å². The third kappa shape index (κ3) is 3.10. The van der Waals surface area contributed by atoms with Gasteiger partial charge in [-0.15, -0.1) is 0 Å². The number of aromatic nitrogens is 2. The molecule has 0 aliphatic carbocycles. The van der Waals surface area contributed by atoms with Crippen LogP contribution in [0.25, 0.3) is 0 Å². The molecule has 2 N–H and O–H groups in total. The third-order valence-electron chi connectivity index (χ3n) is 3.72. The van der Waals surface area contributed by atoms with Gasteiger partial charge in [-0.25, -0.2) is 4.98 Å². The summed E-state index contributed by atoms with van der Waals surface area (Å²) in [5.41, 5.74) is 1.19. The van der Waals surface area contributed by atoms with Crippen molar-refractivity contribution >= 4 is 23.5 Å². The standard InChI is InChI=1S/C16H17N3O3S/c1-3-22-10-6-4-9(5-7-10)11-8-12(20)17-14-13(11)15(21)19-16(18-14)23-2/h4-7,11H,3,8H2,1-2H3,(H2,17,18,19,20,21)/t11-/m1/s1. The van der Waals surface area contributed by atoms with Crippen molar-refractivity contribution in [3.63, 3.8) is 0 Å². The number of nitrogens with one attached hydrogen (secondary N) is 2. The lowest BCUT2D eigenvalue weighted by Crippen LogP contribution is -2.31. The second kappa shape index (κ2) is 6.45. The van der Waals surface area contributed by atoms with E-state index in [-0.39, 0.29) is 23.8 Å². The molecule has 0 unspecified atom stereocenters. The molecule has 0 bridgehead atoms. The molecule has 1 aliphatic rings. The second-order valence-electron chi connectivity index (χ2n) is 5.14. The van der Waals surface area contributed by atoms with Gasteiger partial charge in [0.1, 0.15) is 11.6 Å². The Morgan fingerprint density at radius 3 is 2.70 bits per heavy atom. The predicted octanol–water partition coefficient (Wildman–Crippen LogP) is 2.36. The Labute approximate surface area is 137 Å². The van der Waals surface area contributed by atoms with E-state index in [9.17, 15) is 9.59 Å². The van der Waals surface area contributed by atoms with Crippen LogP contribution in [-0.2, 0) is 4.79 Å². The predicted molar refractivity (Wildman–Crippen MR) is 89.3 cm³/mol. The number of benzene rings is 1. The number of anilines is 1. The highest BCUT2D eigenvalue weighted by Gasteiger charge is 2.30. The lowest BCUT2D eigenvalue weighted by molar-refractivity contribution is -0.116. The number of thioether (sulfide) groups is 1. The van der Waals surface area contributed by atoms with Crippen molar-refractivity contribution in [1.82, 2.24) is 9.97 Å². The van der Waals surface area contributed by atoms with E-state index in [2.05, 4.69) is 15.3 Å². The van der Waals surface area contributed by atoms with Crippen molar-refractivity contribution in [2.45, 2.75) is 24.4 Å². The molecule has 23 heavy (non-hydrogen) atoms. The van der Waals surface area contributed by atoms with Crippen molar-refractivity contribution in [2.75, 3.05) is 18.2 Å². The van der Waals surface area contributed by atoms with Crippen molar-refractivity contribution in [3.8, 4) is 5.75 Å². The van der Waals surface area contributed by atoms with Gasteiger partial charge in [0, 0.05) is 12.3 Å². The molecule has 0 radical (unpaired) electrons. The molecule has 1 aromatic carbocycles. The van der Waals surface area contributed by atoms with E-state index in [0.717, 1.165) is 11.3 Å². The summed E-state index contributed by atoms with van der Waals surface area (Å²) >= 11 is 1.33. The second-order valence-corrected chi connectivity index (χ2v) is 5.94. The molecule has 6 nitrogen and oxygen atoms in total. The number of aromatic amines is 1. The van der Waals surface area contributed by atoms with Crippen LogP contribution in [0.4, 0.5) is 5.82 Å². The summed E-state index contributed by atoms with van der Waals surface area (Å²) in [4.78, 5) is 31.5. The summed E-state index contributed by atoms with van der Waals surface area (Å²) in [6.45, 7) is 2.51. The molecule has 0 saturated heterocycles. The number of ether oxygens (including phenoxy) is 1. The average Bonchev–Trinajstić information content (AvgIpc) is 2.54. The summed E-state index contributed by atoms with van der Waals surface area (Å²) in [7, 11) is 0. The number of fused-ring (bicyclic) bond motifs is 1. The van der Waals surface area contributed by atoms with Gasteiger partial charge in [0.2, 0.25) is 5.91 Å². The van der Waals surface area contributed by atoms with Gasteiger partial charge in [-0.05, 0) is 30.9 Å². The molecule has 2 heterocycles. The Morgan fingerprint density at radius 1 is 1.30 bits per heavy atom. The number of amides is 1. The lowest BCUT2D eigenvalue weighted by atomic mass is 9.87. The minimum atomic E-state index is -0.304. The number of hydrogen-bond donors (Lipinski definition) is 2. The van der Waals surface area contributed by atoms with Gasteiger partial charge in [-0.1, -0.05) is 23.9 Å². The van der Waals surface area contributed by atoms with Crippen LogP contribution in [0.15, 0.2) is 34.2 Å². The zero-order valence-corrected chi connectivity index (χ0v) is 13.7. The maximum atomic E-state index is 12.4. The monoisotopic (exact) mass is 331 g/mol. The molecule has 0 saturated carbocycles. The van der Waals surface area contributed by atoms with Crippen LogP contribution in [0.2, 0.25) is 0 Å². The van der Waals surface area contributed by atoms with Crippen LogP contribution in [0.5, 0.6) is 5.75 Å². The summed E-state index contributed by atoms with van der Waals surface area (Å²) in [5.74, 6) is 0.679. The van der Waals surface area contributed by atoms with Crippen LogP contribution in [0.1, 0.15) is 30.4 Å². The summed E-state index contributed by atoms with van der Waals surface area (Å²) in [6, 6.07) is 7.48. The molecule has 7 heteroatoms. The summed E-state index contributed by atoms with van der Waals surface area (Å²) < 4.78 is 5.43. The maximum Gasteiger partial charge on any atom is 0.257 e. The van der Waals surface area contributed by atoms with Crippen LogP contribution >= 0.6 is 11.8 Å². The summed E-state index contributed by atoms with van der Waals surface area (Å²) in [5, 5.41) is 3.19. The van der Waals surface area contributed by atoms with Gasteiger partial charge in [-0.3, -0.25) is 9.59 Å². The van der Waals surface area contributed by atoms with Crippen LogP contribution in [-0.4, -0.2) is 28.7 Å². The Bertz CT molecular complexity index is 786. The van der Waals surface area contributed by atoms with Crippen molar-refractivity contribution in [1.29, 1.82) is 0 Å². The first kappa shape index (κ1) is 15.6. The molecule has 0 spiro atoms. The molecule has 1 aromatic heterocycles. The molecular weight excluding hydrogens is 314 g/mol.